The molecule has 0 saturated carbocycles. The summed E-state index contributed by atoms with van der Waals surface area (Å²) in [5, 5.41) is 3.65. The van der Waals surface area contributed by atoms with Crippen molar-refractivity contribution in [2.75, 3.05) is 6.61 Å². The normalized spacial score (nSPS) is 14.4. The summed E-state index contributed by atoms with van der Waals surface area (Å²) in [7, 11) is 0. The van der Waals surface area contributed by atoms with Crippen LogP contribution in [0.4, 0.5) is 0 Å². The minimum atomic E-state index is 0.383. The van der Waals surface area contributed by atoms with Crippen LogP contribution in [0.1, 0.15) is 59.1 Å². The van der Waals surface area contributed by atoms with Gasteiger partial charge in [-0.1, -0.05) is 32.9 Å². The first-order valence-corrected chi connectivity index (χ1v) is 7.51. The molecule has 0 aliphatic rings. The van der Waals surface area contributed by atoms with Crippen LogP contribution in [-0.2, 0) is 0 Å². The fourth-order valence-electron chi connectivity index (χ4n) is 2.37. The molecular weight excluding hydrogens is 234 g/mol. The van der Waals surface area contributed by atoms with E-state index < -0.39 is 0 Å². The van der Waals surface area contributed by atoms with Gasteiger partial charge in [0.15, 0.2) is 0 Å². The Morgan fingerprint density at radius 3 is 2.21 bits per heavy atom. The van der Waals surface area contributed by atoms with Gasteiger partial charge in [0.25, 0.3) is 0 Å². The first kappa shape index (κ1) is 16.0. The highest BCUT2D eigenvalue weighted by Gasteiger charge is 2.10. The molecule has 0 heterocycles. The second-order valence-corrected chi connectivity index (χ2v) is 5.84. The zero-order chi connectivity index (χ0) is 14.3. The number of nitrogens with one attached hydrogen (secondary N) is 1. The van der Waals surface area contributed by atoms with Crippen LogP contribution in [-0.4, -0.2) is 12.6 Å². The van der Waals surface area contributed by atoms with Crippen LogP contribution in [0.3, 0.4) is 0 Å². The van der Waals surface area contributed by atoms with Gasteiger partial charge in [-0.25, -0.2) is 0 Å². The van der Waals surface area contributed by atoms with Crippen LogP contribution in [0.25, 0.3) is 0 Å². The van der Waals surface area contributed by atoms with Gasteiger partial charge >= 0.3 is 0 Å². The van der Waals surface area contributed by atoms with Crippen LogP contribution >= 0.6 is 0 Å². The summed E-state index contributed by atoms with van der Waals surface area (Å²) in [5.41, 5.74) is 1.32. The maximum atomic E-state index is 5.60. The van der Waals surface area contributed by atoms with E-state index in [2.05, 4.69) is 64.2 Å². The van der Waals surface area contributed by atoms with E-state index in [1.165, 1.54) is 12.0 Å². The van der Waals surface area contributed by atoms with Crippen molar-refractivity contribution in [3.8, 4) is 5.75 Å². The van der Waals surface area contributed by atoms with E-state index in [0.717, 1.165) is 24.7 Å². The zero-order valence-corrected chi connectivity index (χ0v) is 13.1. The molecule has 0 amide bonds. The highest BCUT2D eigenvalue weighted by molar-refractivity contribution is 5.29. The van der Waals surface area contributed by atoms with Gasteiger partial charge < -0.3 is 10.1 Å². The van der Waals surface area contributed by atoms with Crippen LogP contribution in [0.2, 0.25) is 0 Å². The quantitative estimate of drug-likeness (QED) is 0.742. The predicted octanol–water partition coefficient (Wildman–Crippen LogP) is 4.56. The molecule has 1 N–H and O–H groups in total. The Balaban J connectivity index is 2.50. The molecule has 0 saturated heterocycles. The van der Waals surface area contributed by atoms with E-state index in [1.807, 2.05) is 0 Å². The molecule has 1 aromatic carbocycles. The van der Waals surface area contributed by atoms with Crippen LogP contribution < -0.4 is 10.1 Å². The van der Waals surface area contributed by atoms with Gasteiger partial charge in [-0.3, -0.25) is 0 Å². The van der Waals surface area contributed by atoms with Gasteiger partial charge in [0.1, 0.15) is 5.75 Å². The molecule has 19 heavy (non-hydrogen) atoms. The topological polar surface area (TPSA) is 21.3 Å². The summed E-state index contributed by atoms with van der Waals surface area (Å²) in [6.07, 6.45) is 2.26. The fraction of sp³-hybridized carbons (Fsp3) is 0.647. The SMILES string of the molecule is CCCOc1ccc(C(C)NC(C)CC(C)C)cc1. The lowest BCUT2D eigenvalue weighted by Gasteiger charge is -2.22. The van der Waals surface area contributed by atoms with Crippen molar-refractivity contribution < 1.29 is 4.74 Å². The summed E-state index contributed by atoms with van der Waals surface area (Å²) < 4.78 is 5.60. The third kappa shape index (κ3) is 6.11. The molecular formula is C17H29NO. The molecule has 1 rings (SSSR count). The second-order valence-electron chi connectivity index (χ2n) is 5.84. The van der Waals surface area contributed by atoms with Gasteiger partial charge in [0.2, 0.25) is 0 Å². The minimum absolute atomic E-state index is 0.383. The van der Waals surface area contributed by atoms with Crippen LogP contribution in [0, 0.1) is 5.92 Å². The predicted molar refractivity (Wildman–Crippen MR) is 82.7 cm³/mol. The van der Waals surface area contributed by atoms with Crippen molar-refractivity contribution in [3.63, 3.8) is 0 Å². The smallest absolute Gasteiger partial charge is 0.119 e. The molecule has 0 spiro atoms. The Labute approximate surface area is 118 Å². The van der Waals surface area contributed by atoms with Crippen molar-refractivity contribution in [3.05, 3.63) is 29.8 Å². The molecule has 0 aromatic heterocycles. The number of hydrogen-bond acceptors (Lipinski definition) is 2. The molecule has 0 aliphatic carbocycles. The number of hydrogen-bond donors (Lipinski definition) is 1. The molecule has 0 radical (unpaired) electrons. The molecule has 2 nitrogen and oxygen atoms in total. The Morgan fingerprint density at radius 2 is 1.68 bits per heavy atom. The van der Waals surface area contributed by atoms with E-state index in [1.54, 1.807) is 0 Å². The highest BCUT2D eigenvalue weighted by atomic mass is 16.5. The lowest BCUT2D eigenvalue weighted by molar-refractivity contribution is 0.317. The molecule has 2 unspecified atom stereocenters. The molecule has 0 bridgehead atoms. The molecule has 0 fully saturated rings. The van der Waals surface area contributed by atoms with Crippen LogP contribution in [0.15, 0.2) is 24.3 Å². The lowest BCUT2D eigenvalue weighted by Crippen LogP contribution is -2.30. The Bertz CT molecular complexity index is 345. The molecule has 2 atom stereocenters. The first-order chi connectivity index (χ1) is 9.02. The van der Waals surface area contributed by atoms with E-state index in [9.17, 15) is 0 Å². The van der Waals surface area contributed by atoms with E-state index in [0.29, 0.717) is 12.1 Å². The summed E-state index contributed by atoms with van der Waals surface area (Å²) in [6, 6.07) is 9.38. The van der Waals surface area contributed by atoms with Gasteiger partial charge in [0.05, 0.1) is 6.61 Å². The fourth-order valence-corrected chi connectivity index (χ4v) is 2.37. The van der Waals surface area contributed by atoms with Gasteiger partial charge in [-0.15, -0.1) is 0 Å². The monoisotopic (exact) mass is 263 g/mol. The van der Waals surface area contributed by atoms with Crippen molar-refractivity contribution in [2.24, 2.45) is 5.92 Å². The third-order valence-corrected chi connectivity index (χ3v) is 3.21. The second kappa shape index (κ2) is 8.21. The summed E-state index contributed by atoms with van der Waals surface area (Å²) in [6.45, 7) is 11.9. The maximum absolute atomic E-state index is 5.60. The highest BCUT2D eigenvalue weighted by Crippen LogP contribution is 2.19. The Hall–Kier alpha value is -1.02. The molecule has 2 heteroatoms. The standard InChI is InChI=1S/C17H29NO/c1-6-11-19-17-9-7-16(8-10-17)15(5)18-14(4)12-13(2)3/h7-10,13-15,18H,6,11-12H2,1-5H3. The number of rotatable bonds is 8. The van der Waals surface area contributed by atoms with E-state index in [4.69, 9.17) is 4.74 Å². The van der Waals surface area contributed by atoms with E-state index in [-0.39, 0.29) is 0 Å². The first-order valence-electron chi connectivity index (χ1n) is 7.51. The van der Waals surface area contributed by atoms with Gasteiger partial charge in [-0.05, 0) is 50.3 Å². The number of ether oxygens (including phenoxy) is 1. The molecule has 1 aromatic rings. The minimum Gasteiger partial charge on any atom is -0.494 e. The van der Waals surface area contributed by atoms with E-state index >= 15 is 0 Å². The summed E-state index contributed by atoms with van der Waals surface area (Å²) in [5.74, 6) is 1.70. The Morgan fingerprint density at radius 1 is 1.05 bits per heavy atom. The van der Waals surface area contributed by atoms with Gasteiger partial charge in [-0.2, -0.15) is 0 Å². The zero-order valence-electron chi connectivity index (χ0n) is 13.1. The summed E-state index contributed by atoms with van der Waals surface area (Å²) in [4.78, 5) is 0. The van der Waals surface area contributed by atoms with Gasteiger partial charge in [0, 0.05) is 12.1 Å². The average Bonchev–Trinajstić information content (AvgIpc) is 2.35. The largest absolute Gasteiger partial charge is 0.494 e. The third-order valence-electron chi connectivity index (χ3n) is 3.21. The van der Waals surface area contributed by atoms with Crippen LogP contribution in [0.5, 0.6) is 5.75 Å². The van der Waals surface area contributed by atoms with Crippen molar-refractivity contribution in [1.82, 2.24) is 5.32 Å². The van der Waals surface area contributed by atoms with Crippen molar-refractivity contribution >= 4 is 0 Å². The Kier molecular flexibility index (Phi) is 6.93. The van der Waals surface area contributed by atoms with Crippen molar-refractivity contribution in [2.45, 2.75) is 59.5 Å². The molecule has 0 aliphatic heterocycles. The maximum Gasteiger partial charge on any atom is 0.119 e. The molecule has 108 valence electrons. The average molecular weight is 263 g/mol. The summed E-state index contributed by atoms with van der Waals surface area (Å²) >= 11 is 0. The lowest BCUT2D eigenvalue weighted by atomic mass is 10.0. The number of benzene rings is 1. The van der Waals surface area contributed by atoms with Crippen molar-refractivity contribution in [1.29, 1.82) is 0 Å².